The van der Waals surface area contributed by atoms with Gasteiger partial charge >= 0.3 is 0 Å². The number of nitrogens with zero attached hydrogens (tertiary/aromatic N) is 5. The number of methoxy groups -OCH3 is 1. The molecule has 32 heavy (non-hydrogen) atoms. The molecule has 1 aromatic heterocycles. The molecule has 1 aliphatic heterocycles. The van der Waals surface area contributed by atoms with E-state index in [1.165, 1.54) is 11.1 Å². The first-order valence-electron chi connectivity index (χ1n) is 10.6. The maximum absolute atomic E-state index is 11.4. The minimum Gasteiger partial charge on any atom is -0.497 e. The Labute approximate surface area is 186 Å². The van der Waals surface area contributed by atoms with Crippen molar-refractivity contribution in [1.29, 1.82) is 0 Å². The number of hydrogen-bond acceptors (Lipinski definition) is 6. The van der Waals surface area contributed by atoms with E-state index in [0.29, 0.717) is 25.5 Å². The molecule has 7 heteroatoms. The summed E-state index contributed by atoms with van der Waals surface area (Å²) in [7, 11) is 1.64. The molecule has 7 nitrogen and oxygen atoms in total. The van der Waals surface area contributed by atoms with Gasteiger partial charge in [-0.3, -0.25) is 4.90 Å². The van der Waals surface area contributed by atoms with Crippen molar-refractivity contribution in [2.75, 3.05) is 20.2 Å². The SMILES string of the molecule is COc1ccc(Cn2nnnc2C2(O)CN(C(c3ccccc3)c3ccccc3)C2)cc1. The van der Waals surface area contributed by atoms with Gasteiger partial charge in [-0.25, -0.2) is 4.68 Å². The van der Waals surface area contributed by atoms with Gasteiger partial charge in [-0.1, -0.05) is 72.8 Å². The third-order valence-corrected chi connectivity index (χ3v) is 5.96. The lowest BCUT2D eigenvalue weighted by atomic mass is 9.86. The topological polar surface area (TPSA) is 76.3 Å². The molecule has 0 spiro atoms. The molecule has 4 aromatic rings. The number of aromatic nitrogens is 4. The van der Waals surface area contributed by atoms with E-state index in [4.69, 9.17) is 4.74 Å². The van der Waals surface area contributed by atoms with Gasteiger partial charge in [0.1, 0.15) is 5.75 Å². The van der Waals surface area contributed by atoms with E-state index in [0.717, 1.165) is 11.3 Å². The molecule has 0 atom stereocenters. The summed E-state index contributed by atoms with van der Waals surface area (Å²) in [6.45, 7) is 1.38. The summed E-state index contributed by atoms with van der Waals surface area (Å²) in [4.78, 5) is 2.26. The lowest BCUT2D eigenvalue weighted by Crippen LogP contribution is -2.61. The molecule has 1 N–H and O–H groups in total. The molecule has 1 aliphatic rings. The van der Waals surface area contributed by atoms with Crippen LogP contribution >= 0.6 is 0 Å². The van der Waals surface area contributed by atoms with E-state index >= 15 is 0 Å². The molecular formula is C25H25N5O2. The van der Waals surface area contributed by atoms with E-state index in [1.54, 1.807) is 11.8 Å². The standard InChI is InChI=1S/C25H25N5O2/c1-32-22-14-12-19(13-15-22)16-30-24(26-27-28-30)25(31)17-29(18-25)23(20-8-4-2-5-9-20)21-10-6-3-7-11-21/h2-15,23,31H,16-18H2,1H3. The van der Waals surface area contributed by atoms with Gasteiger partial charge < -0.3 is 9.84 Å². The molecule has 162 valence electrons. The van der Waals surface area contributed by atoms with Crippen molar-refractivity contribution < 1.29 is 9.84 Å². The molecular weight excluding hydrogens is 402 g/mol. The van der Waals surface area contributed by atoms with Crippen molar-refractivity contribution in [3.63, 3.8) is 0 Å². The van der Waals surface area contributed by atoms with Crippen LogP contribution in [0, 0.1) is 0 Å². The van der Waals surface area contributed by atoms with Crippen LogP contribution in [0.15, 0.2) is 84.9 Å². The first-order valence-corrected chi connectivity index (χ1v) is 10.6. The molecule has 3 aromatic carbocycles. The summed E-state index contributed by atoms with van der Waals surface area (Å²) in [6.07, 6.45) is 0. The third kappa shape index (κ3) is 3.88. The number of benzene rings is 3. The van der Waals surface area contributed by atoms with E-state index in [-0.39, 0.29) is 6.04 Å². The van der Waals surface area contributed by atoms with Crippen LogP contribution in [0.1, 0.15) is 28.6 Å². The van der Waals surface area contributed by atoms with E-state index in [2.05, 4.69) is 44.7 Å². The second kappa shape index (κ2) is 8.53. The zero-order valence-electron chi connectivity index (χ0n) is 17.9. The number of ether oxygens (including phenoxy) is 1. The third-order valence-electron chi connectivity index (χ3n) is 5.96. The summed E-state index contributed by atoms with van der Waals surface area (Å²) in [5, 5.41) is 23.6. The van der Waals surface area contributed by atoms with Crippen molar-refractivity contribution >= 4 is 0 Å². The Hall–Kier alpha value is -3.55. The average molecular weight is 428 g/mol. The fourth-order valence-electron chi connectivity index (χ4n) is 4.38. The Balaban J connectivity index is 1.37. The van der Waals surface area contributed by atoms with E-state index < -0.39 is 5.60 Å². The first kappa shape index (κ1) is 20.4. The van der Waals surface area contributed by atoms with Crippen LogP contribution in [0.4, 0.5) is 0 Å². The maximum atomic E-state index is 11.4. The molecule has 5 rings (SSSR count). The molecule has 2 heterocycles. The largest absolute Gasteiger partial charge is 0.497 e. The first-order chi connectivity index (χ1) is 15.7. The predicted octanol–water partition coefficient (Wildman–Crippen LogP) is 3.02. The number of likely N-dealkylation sites (tertiary alicyclic amines) is 1. The summed E-state index contributed by atoms with van der Waals surface area (Å²) in [6, 6.07) is 28.6. The zero-order chi connectivity index (χ0) is 22.0. The molecule has 0 bridgehead atoms. The van der Waals surface area contributed by atoms with Crippen LogP contribution in [-0.4, -0.2) is 50.4 Å². The highest BCUT2D eigenvalue weighted by Gasteiger charge is 2.49. The average Bonchev–Trinajstić information content (AvgIpc) is 3.28. The molecule has 1 saturated heterocycles. The minimum atomic E-state index is -1.10. The van der Waals surface area contributed by atoms with Gasteiger partial charge in [-0.05, 0) is 39.2 Å². The zero-order valence-corrected chi connectivity index (χ0v) is 17.9. The number of aliphatic hydroxyl groups is 1. The van der Waals surface area contributed by atoms with Gasteiger partial charge in [0.2, 0.25) is 0 Å². The van der Waals surface area contributed by atoms with E-state index in [9.17, 15) is 5.11 Å². The molecule has 0 aliphatic carbocycles. The van der Waals surface area contributed by atoms with Crippen LogP contribution in [0.2, 0.25) is 0 Å². The Bertz CT molecular complexity index is 1120. The fourth-order valence-corrected chi connectivity index (χ4v) is 4.38. The predicted molar refractivity (Wildman–Crippen MR) is 120 cm³/mol. The Morgan fingerprint density at radius 3 is 2.06 bits per heavy atom. The van der Waals surface area contributed by atoms with Crippen LogP contribution in [0.3, 0.4) is 0 Å². The lowest BCUT2D eigenvalue weighted by Gasteiger charge is -2.49. The molecule has 0 saturated carbocycles. The van der Waals surface area contributed by atoms with Gasteiger partial charge in [0.05, 0.1) is 19.7 Å². The molecule has 0 amide bonds. The quantitative estimate of drug-likeness (QED) is 0.489. The highest BCUT2D eigenvalue weighted by atomic mass is 16.5. The monoisotopic (exact) mass is 427 g/mol. The van der Waals surface area contributed by atoms with Gasteiger partial charge in [-0.15, -0.1) is 5.10 Å². The smallest absolute Gasteiger partial charge is 0.186 e. The summed E-state index contributed by atoms with van der Waals surface area (Å²) >= 11 is 0. The number of rotatable bonds is 7. The summed E-state index contributed by atoms with van der Waals surface area (Å²) in [5.74, 6) is 1.29. The lowest BCUT2D eigenvalue weighted by molar-refractivity contribution is -0.124. The van der Waals surface area contributed by atoms with Crippen LogP contribution < -0.4 is 4.74 Å². The van der Waals surface area contributed by atoms with E-state index in [1.807, 2.05) is 60.7 Å². The minimum absolute atomic E-state index is 0.0589. The number of hydrogen-bond donors (Lipinski definition) is 1. The Morgan fingerprint density at radius 1 is 0.906 bits per heavy atom. The van der Waals surface area contributed by atoms with Crippen molar-refractivity contribution in [3.8, 4) is 5.75 Å². The van der Waals surface area contributed by atoms with Crippen LogP contribution in [0.25, 0.3) is 0 Å². The van der Waals surface area contributed by atoms with Crippen LogP contribution in [-0.2, 0) is 12.1 Å². The Morgan fingerprint density at radius 2 is 1.50 bits per heavy atom. The molecule has 1 fully saturated rings. The van der Waals surface area contributed by atoms with Gasteiger partial charge in [0, 0.05) is 13.1 Å². The highest BCUT2D eigenvalue weighted by molar-refractivity contribution is 5.33. The number of tetrazole rings is 1. The highest BCUT2D eigenvalue weighted by Crippen LogP contribution is 2.39. The molecule has 0 unspecified atom stereocenters. The van der Waals surface area contributed by atoms with Gasteiger partial charge in [0.15, 0.2) is 11.4 Å². The maximum Gasteiger partial charge on any atom is 0.186 e. The Kier molecular flexibility index (Phi) is 5.43. The fraction of sp³-hybridized carbons (Fsp3) is 0.240. The van der Waals surface area contributed by atoms with Gasteiger partial charge in [0.25, 0.3) is 0 Å². The number of β-amino-alcohol motifs (C(OH)–C–C–N with tert-alkyl or cyclic N) is 1. The summed E-state index contributed by atoms with van der Waals surface area (Å²) in [5.41, 5.74) is 2.32. The second-order valence-corrected chi connectivity index (χ2v) is 8.17. The second-order valence-electron chi connectivity index (χ2n) is 8.17. The summed E-state index contributed by atoms with van der Waals surface area (Å²) < 4.78 is 6.90. The van der Waals surface area contributed by atoms with Crippen molar-refractivity contribution in [3.05, 3.63) is 107 Å². The van der Waals surface area contributed by atoms with Crippen molar-refractivity contribution in [2.24, 2.45) is 0 Å². The van der Waals surface area contributed by atoms with Crippen molar-refractivity contribution in [1.82, 2.24) is 25.1 Å². The molecule has 0 radical (unpaired) electrons. The van der Waals surface area contributed by atoms with Gasteiger partial charge in [-0.2, -0.15) is 0 Å². The van der Waals surface area contributed by atoms with Crippen molar-refractivity contribution in [2.45, 2.75) is 18.2 Å². The normalized spacial score (nSPS) is 15.5. The van der Waals surface area contributed by atoms with Crippen LogP contribution in [0.5, 0.6) is 5.75 Å².